The Hall–Kier alpha value is -2.47. The van der Waals surface area contributed by atoms with Crippen LogP contribution in [0.5, 0.6) is 0 Å². The summed E-state index contributed by atoms with van der Waals surface area (Å²) >= 11 is 0. The molecular weight excluding hydrogens is 314 g/mol. The highest BCUT2D eigenvalue weighted by Gasteiger charge is 2.10. The first-order chi connectivity index (χ1) is 10.7. The van der Waals surface area contributed by atoms with Gasteiger partial charge in [0.25, 0.3) is 5.91 Å². The summed E-state index contributed by atoms with van der Waals surface area (Å²) in [5, 5.41) is 2.70. The Kier molecular flexibility index (Phi) is 4.95. The predicted octanol–water partition coefficient (Wildman–Crippen LogP) is 2.69. The molecule has 0 fully saturated rings. The first-order valence-corrected chi connectivity index (χ1v) is 9.00. The van der Waals surface area contributed by atoms with Crippen molar-refractivity contribution in [2.75, 3.05) is 11.6 Å². The van der Waals surface area contributed by atoms with Gasteiger partial charge >= 0.3 is 0 Å². The fourth-order valence-corrected chi connectivity index (χ4v) is 2.91. The van der Waals surface area contributed by atoms with Crippen molar-refractivity contribution in [3.05, 3.63) is 65.2 Å². The summed E-state index contributed by atoms with van der Waals surface area (Å²) in [5.74, 6) is -0.564. The molecule has 1 amide bonds. The number of hydrogen-bond acceptors (Lipinski definition) is 4. The van der Waals surface area contributed by atoms with Crippen LogP contribution in [0.3, 0.4) is 0 Å². The molecule has 2 aromatic rings. The average molecular weight is 331 g/mol. The van der Waals surface area contributed by atoms with Gasteiger partial charge in [0.15, 0.2) is 15.6 Å². The van der Waals surface area contributed by atoms with E-state index in [0.29, 0.717) is 22.4 Å². The van der Waals surface area contributed by atoms with E-state index in [4.69, 9.17) is 0 Å². The van der Waals surface area contributed by atoms with Crippen molar-refractivity contribution in [3.8, 4) is 0 Å². The number of Topliss-reactive ketones (excluding diaryl/α,β-unsaturated/α-hetero) is 1. The summed E-state index contributed by atoms with van der Waals surface area (Å²) < 4.78 is 22.7. The van der Waals surface area contributed by atoms with E-state index in [1.165, 1.54) is 6.92 Å². The fraction of sp³-hybridized carbons (Fsp3) is 0.176. The van der Waals surface area contributed by atoms with Gasteiger partial charge in [-0.05, 0) is 36.8 Å². The lowest BCUT2D eigenvalue weighted by Crippen LogP contribution is -2.13. The van der Waals surface area contributed by atoms with Gasteiger partial charge in [-0.1, -0.05) is 24.3 Å². The maximum absolute atomic E-state index is 12.3. The molecule has 0 saturated heterocycles. The van der Waals surface area contributed by atoms with Crippen molar-refractivity contribution < 1.29 is 18.0 Å². The predicted molar refractivity (Wildman–Crippen MR) is 89.4 cm³/mol. The van der Waals surface area contributed by atoms with Gasteiger partial charge < -0.3 is 5.32 Å². The van der Waals surface area contributed by atoms with Gasteiger partial charge in [-0.25, -0.2) is 8.42 Å². The zero-order chi connectivity index (χ0) is 17.0. The van der Waals surface area contributed by atoms with Crippen molar-refractivity contribution in [1.82, 2.24) is 0 Å². The lowest BCUT2D eigenvalue weighted by molar-refractivity contribution is 0.101. The molecule has 6 heteroatoms. The Labute approximate surface area is 135 Å². The molecule has 1 N–H and O–H groups in total. The maximum atomic E-state index is 12.3. The van der Waals surface area contributed by atoms with Crippen molar-refractivity contribution in [1.29, 1.82) is 0 Å². The SMILES string of the molecule is CC(=O)c1cccc(NC(=O)c2cccc(CS(C)(=O)=O)c2)c1. The van der Waals surface area contributed by atoms with Crippen LogP contribution in [0.15, 0.2) is 48.5 Å². The van der Waals surface area contributed by atoms with Crippen LogP contribution in [0.1, 0.15) is 33.2 Å². The van der Waals surface area contributed by atoms with E-state index in [0.717, 1.165) is 6.26 Å². The number of benzene rings is 2. The molecule has 2 aromatic carbocycles. The molecule has 120 valence electrons. The van der Waals surface area contributed by atoms with E-state index in [2.05, 4.69) is 5.32 Å². The van der Waals surface area contributed by atoms with E-state index in [-0.39, 0.29) is 17.4 Å². The Morgan fingerprint density at radius 3 is 2.30 bits per heavy atom. The van der Waals surface area contributed by atoms with Gasteiger partial charge in [-0.2, -0.15) is 0 Å². The van der Waals surface area contributed by atoms with Gasteiger partial charge in [0.1, 0.15) is 0 Å². The van der Waals surface area contributed by atoms with Crippen LogP contribution in [0.4, 0.5) is 5.69 Å². The van der Waals surface area contributed by atoms with Crippen molar-refractivity contribution in [3.63, 3.8) is 0 Å². The molecule has 0 bridgehead atoms. The number of ketones is 1. The second-order valence-electron chi connectivity index (χ2n) is 5.36. The minimum absolute atomic E-state index is 0.0868. The van der Waals surface area contributed by atoms with Crippen molar-refractivity contribution in [2.45, 2.75) is 12.7 Å². The number of hydrogen-bond donors (Lipinski definition) is 1. The van der Waals surface area contributed by atoms with Crippen LogP contribution >= 0.6 is 0 Å². The van der Waals surface area contributed by atoms with E-state index < -0.39 is 9.84 Å². The molecule has 0 unspecified atom stereocenters. The number of rotatable bonds is 5. The third-order valence-electron chi connectivity index (χ3n) is 3.14. The van der Waals surface area contributed by atoms with E-state index >= 15 is 0 Å². The normalized spacial score (nSPS) is 11.0. The highest BCUT2D eigenvalue weighted by atomic mass is 32.2. The smallest absolute Gasteiger partial charge is 0.255 e. The molecule has 0 radical (unpaired) electrons. The zero-order valence-electron chi connectivity index (χ0n) is 12.9. The monoisotopic (exact) mass is 331 g/mol. The Morgan fingerprint density at radius 1 is 1.00 bits per heavy atom. The first-order valence-electron chi connectivity index (χ1n) is 6.93. The Bertz CT molecular complexity index is 856. The second kappa shape index (κ2) is 6.75. The number of amides is 1. The topological polar surface area (TPSA) is 80.3 Å². The number of nitrogens with one attached hydrogen (secondary N) is 1. The van der Waals surface area contributed by atoms with Crippen molar-refractivity contribution in [2.24, 2.45) is 0 Å². The summed E-state index contributed by atoms with van der Waals surface area (Å²) in [5.41, 5.74) is 1.93. The molecule has 0 spiro atoms. The average Bonchev–Trinajstić information content (AvgIpc) is 2.46. The lowest BCUT2D eigenvalue weighted by atomic mass is 10.1. The second-order valence-corrected chi connectivity index (χ2v) is 7.50. The number of carbonyl (C=O) groups excluding carboxylic acids is 2. The van der Waals surface area contributed by atoms with Gasteiger partial charge in [-0.3, -0.25) is 9.59 Å². The van der Waals surface area contributed by atoms with E-state index in [1.54, 1.807) is 48.5 Å². The molecule has 23 heavy (non-hydrogen) atoms. The third kappa shape index (κ3) is 5.03. The minimum atomic E-state index is -3.16. The summed E-state index contributed by atoms with van der Waals surface area (Å²) in [4.78, 5) is 23.6. The highest BCUT2D eigenvalue weighted by Crippen LogP contribution is 2.14. The summed E-state index contributed by atoms with van der Waals surface area (Å²) in [7, 11) is -3.16. The molecule has 0 heterocycles. The molecule has 0 aliphatic rings. The largest absolute Gasteiger partial charge is 0.322 e. The van der Waals surface area contributed by atoms with Gasteiger partial charge in [0.05, 0.1) is 5.75 Å². The van der Waals surface area contributed by atoms with Crippen LogP contribution in [-0.2, 0) is 15.6 Å². The molecule has 0 saturated carbocycles. The number of sulfone groups is 1. The maximum Gasteiger partial charge on any atom is 0.255 e. The van der Waals surface area contributed by atoms with Gasteiger partial charge in [0.2, 0.25) is 0 Å². The summed E-state index contributed by atoms with van der Waals surface area (Å²) in [6.07, 6.45) is 1.15. The minimum Gasteiger partial charge on any atom is -0.322 e. The molecule has 0 atom stereocenters. The molecule has 0 aliphatic heterocycles. The van der Waals surface area contributed by atoms with E-state index in [1.807, 2.05) is 0 Å². The highest BCUT2D eigenvalue weighted by molar-refractivity contribution is 7.89. The molecule has 0 aromatic heterocycles. The first kappa shape index (κ1) is 16.9. The van der Waals surface area contributed by atoms with Crippen LogP contribution in [0, 0.1) is 0 Å². The van der Waals surface area contributed by atoms with Crippen LogP contribution in [0.2, 0.25) is 0 Å². The van der Waals surface area contributed by atoms with Gasteiger partial charge in [-0.15, -0.1) is 0 Å². The standard InChI is InChI=1S/C17H17NO4S/c1-12(19)14-6-4-8-16(10-14)18-17(20)15-7-3-5-13(9-15)11-23(2,21)22/h3-10H,11H2,1-2H3,(H,18,20). The van der Waals surface area contributed by atoms with E-state index in [9.17, 15) is 18.0 Å². The zero-order valence-corrected chi connectivity index (χ0v) is 13.7. The fourth-order valence-electron chi connectivity index (χ4n) is 2.12. The van der Waals surface area contributed by atoms with Crippen LogP contribution in [0.25, 0.3) is 0 Å². The van der Waals surface area contributed by atoms with Gasteiger partial charge in [0, 0.05) is 23.1 Å². The lowest BCUT2D eigenvalue weighted by Gasteiger charge is -2.08. The number of carbonyl (C=O) groups is 2. The van der Waals surface area contributed by atoms with Crippen LogP contribution in [-0.4, -0.2) is 26.4 Å². The van der Waals surface area contributed by atoms with Crippen LogP contribution < -0.4 is 5.32 Å². The van der Waals surface area contributed by atoms with Crippen molar-refractivity contribution >= 4 is 27.2 Å². The summed E-state index contributed by atoms with van der Waals surface area (Å²) in [6, 6.07) is 13.1. The third-order valence-corrected chi connectivity index (χ3v) is 4.00. The molecule has 2 rings (SSSR count). The molecular formula is C17H17NO4S. The summed E-state index contributed by atoms with van der Waals surface area (Å²) in [6.45, 7) is 1.45. The Balaban J connectivity index is 2.19. The molecule has 5 nitrogen and oxygen atoms in total. The number of anilines is 1. The Morgan fingerprint density at radius 2 is 1.65 bits per heavy atom. The molecule has 0 aliphatic carbocycles. The quantitative estimate of drug-likeness (QED) is 0.854.